The molecule has 1 saturated carbocycles. The molecule has 1 aliphatic heterocycles. The third kappa shape index (κ3) is 1.73. The molecule has 19 heavy (non-hydrogen) atoms. The Bertz CT molecular complexity index is 532. The highest BCUT2D eigenvalue weighted by Crippen LogP contribution is 2.54. The van der Waals surface area contributed by atoms with E-state index >= 15 is 0 Å². The number of carbonyl (C=O) groups is 3. The van der Waals surface area contributed by atoms with Crippen LogP contribution in [0.3, 0.4) is 0 Å². The van der Waals surface area contributed by atoms with Gasteiger partial charge in [-0.15, -0.1) is 0 Å². The highest BCUT2D eigenvalue weighted by Gasteiger charge is 2.70. The predicted molar refractivity (Wildman–Crippen MR) is 64.5 cm³/mol. The van der Waals surface area contributed by atoms with Crippen LogP contribution in [0.15, 0.2) is 30.3 Å². The van der Waals surface area contributed by atoms with Gasteiger partial charge in [-0.25, -0.2) is 0 Å². The molecular formula is C14H13NO4. The second-order valence-electron chi connectivity index (χ2n) is 4.85. The minimum absolute atomic E-state index is 0.255. The molecule has 5 nitrogen and oxygen atoms in total. The smallest absolute Gasteiger partial charge is 0.310 e. The van der Waals surface area contributed by atoms with E-state index in [1.807, 2.05) is 30.3 Å². The molecule has 2 amide bonds. The number of methoxy groups -OCH3 is 1. The van der Waals surface area contributed by atoms with Crippen LogP contribution in [0.4, 0.5) is 0 Å². The number of fused-ring (bicyclic) bond motifs is 1. The van der Waals surface area contributed by atoms with E-state index in [0.717, 1.165) is 5.56 Å². The Hall–Kier alpha value is -2.17. The number of amides is 2. The molecule has 1 aliphatic carbocycles. The molecule has 1 aromatic rings. The number of hydrogen-bond acceptors (Lipinski definition) is 4. The summed E-state index contributed by atoms with van der Waals surface area (Å²) in [5.74, 6) is -2.52. The number of nitrogens with zero attached hydrogens (tertiary/aromatic N) is 1. The molecule has 98 valence electrons. The van der Waals surface area contributed by atoms with Gasteiger partial charge in [0.2, 0.25) is 11.8 Å². The van der Waals surface area contributed by atoms with Gasteiger partial charge >= 0.3 is 5.97 Å². The molecule has 2 atom stereocenters. The van der Waals surface area contributed by atoms with Crippen LogP contribution in [0, 0.1) is 17.8 Å². The maximum atomic E-state index is 12.1. The van der Waals surface area contributed by atoms with E-state index in [2.05, 4.69) is 4.74 Å². The number of esters is 1. The number of rotatable bonds is 3. The molecule has 0 aromatic heterocycles. The van der Waals surface area contributed by atoms with Gasteiger partial charge in [0.1, 0.15) is 0 Å². The minimum Gasteiger partial charge on any atom is -0.469 e. The normalized spacial score (nSPS) is 28.3. The lowest BCUT2D eigenvalue weighted by Crippen LogP contribution is -2.35. The van der Waals surface area contributed by atoms with E-state index in [1.54, 1.807) is 0 Å². The van der Waals surface area contributed by atoms with Gasteiger partial charge in [-0.2, -0.15) is 0 Å². The number of imide groups is 1. The molecule has 2 fully saturated rings. The quantitative estimate of drug-likeness (QED) is 0.588. The van der Waals surface area contributed by atoms with E-state index < -0.39 is 23.7 Å². The van der Waals surface area contributed by atoms with Gasteiger partial charge in [-0.05, 0) is 5.56 Å². The average Bonchev–Trinajstić information content (AvgIpc) is 3.13. The van der Waals surface area contributed by atoms with Crippen LogP contribution in [0.2, 0.25) is 0 Å². The molecule has 0 radical (unpaired) electrons. The summed E-state index contributed by atoms with van der Waals surface area (Å²) in [5.41, 5.74) is 0.903. The molecular weight excluding hydrogens is 246 g/mol. The Morgan fingerprint density at radius 2 is 1.74 bits per heavy atom. The van der Waals surface area contributed by atoms with Crippen LogP contribution in [0.25, 0.3) is 0 Å². The zero-order valence-corrected chi connectivity index (χ0v) is 10.4. The number of ether oxygens (including phenoxy) is 1. The number of likely N-dealkylation sites (tertiary alicyclic amines) is 1. The maximum absolute atomic E-state index is 12.1. The first-order valence-corrected chi connectivity index (χ1v) is 6.12. The van der Waals surface area contributed by atoms with E-state index in [-0.39, 0.29) is 18.4 Å². The van der Waals surface area contributed by atoms with Gasteiger partial charge in [-0.1, -0.05) is 30.3 Å². The number of piperidine rings is 1. The lowest BCUT2D eigenvalue weighted by atomic mass is 10.2. The van der Waals surface area contributed by atoms with Crippen LogP contribution < -0.4 is 0 Å². The van der Waals surface area contributed by atoms with Crippen molar-refractivity contribution in [1.82, 2.24) is 4.90 Å². The predicted octanol–water partition coefficient (Wildman–Crippen LogP) is 0.591. The standard InChI is InChI=1S/C14H13NO4/c1-19-14(18)11-9-10(11)13(17)15(12(9)16)7-8-5-3-2-4-6-8/h2-6,9-11H,7H2,1H3. The Morgan fingerprint density at radius 3 is 2.26 bits per heavy atom. The second kappa shape index (κ2) is 4.19. The lowest BCUT2D eigenvalue weighted by molar-refractivity contribution is -0.150. The van der Waals surface area contributed by atoms with Crippen molar-refractivity contribution in [2.45, 2.75) is 6.54 Å². The lowest BCUT2D eigenvalue weighted by Gasteiger charge is -2.17. The fourth-order valence-electron chi connectivity index (χ4n) is 2.75. The van der Waals surface area contributed by atoms with Crippen molar-refractivity contribution in [2.75, 3.05) is 7.11 Å². The fraction of sp³-hybridized carbons (Fsp3) is 0.357. The summed E-state index contributed by atoms with van der Waals surface area (Å²) < 4.78 is 4.60. The molecule has 0 N–H and O–H groups in total. The maximum Gasteiger partial charge on any atom is 0.310 e. The van der Waals surface area contributed by atoms with Crippen molar-refractivity contribution in [3.63, 3.8) is 0 Å². The number of carbonyl (C=O) groups excluding carboxylic acids is 3. The topological polar surface area (TPSA) is 63.7 Å². The van der Waals surface area contributed by atoms with Crippen molar-refractivity contribution in [2.24, 2.45) is 17.8 Å². The Kier molecular flexibility index (Phi) is 2.62. The first-order chi connectivity index (χ1) is 9.15. The summed E-state index contributed by atoms with van der Waals surface area (Å²) in [6.45, 7) is 0.277. The molecule has 1 aromatic carbocycles. The average molecular weight is 259 g/mol. The van der Waals surface area contributed by atoms with Crippen molar-refractivity contribution in [1.29, 1.82) is 0 Å². The van der Waals surface area contributed by atoms with Crippen LogP contribution in [0.1, 0.15) is 5.56 Å². The first kappa shape index (κ1) is 11.9. The SMILES string of the molecule is COC(=O)C1C2C(=O)N(Cc3ccccc3)C(=O)C12. The molecule has 1 saturated heterocycles. The summed E-state index contributed by atoms with van der Waals surface area (Å²) in [5, 5.41) is 0. The van der Waals surface area contributed by atoms with Gasteiger partial charge in [0.15, 0.2) is 0 Å². The third-order valence-electron chi connectivity index (χ3n) is 3.78. The highest BCUT2D eigenvalue weighted by atomic mass is 16.5. The van der Waals surface area contributed by atoms with E-state index in [0.29, 0.717) is 0 Å². The molecule has 0 bridgehead atoms. The van der Waals surface area contributed by atoms with Crippen LogP contribution in [0.5, 0.6) is 0 Å². The third-order valence-corrected chi connectivity index (χ3v) is 3.78. The molecule has 5 heteroatoms. The van der Waals surface area contributed by atoms with Gasteiger partial charge in [-0.3, -0.25) is 19.3 Å². The zero-order chi connectivity index (χ0) is 13.6. The van der Waals surface area contributed by atoms with Crippen molar-refractivity contribution >= 4 is 17.8 Å². The summed E-state index contributed by atoms with van der Waals surface area (Å²) in [6, 6.07) is 9.32. The van der Waals surface area contributed by atoms with Crippen LogP contribution in [-0.4, -0.2) is 29.8 Å². The second-order valence-corrected chi connectivity index (χ2v) is 4.85. The molecule has 2 aliphatic rings. The number of hydrogen-bond donors (Lipinski definition) is 0. The Morgan fingerprint density at radius 1 is 1.16 bits per heavy atom. The monoisotopic (exact) mass is 259 g/mol. The Balaban J connectivity index is 1.74. The molecule has 3 rings (SSSR count). The summed E-state index contributed by atoms with van der Waals surface area (Å²) >= 11 is 0. The fourth-order valence-corrected chi connectivity index (χ4v) is 2.75. The van der Waals surface area contributed by atoms with Crippen molar-refractivity contribution in [3.05, 3.63) is 35.9 Å². The summed E-state index contributed by atoms with van der Waals surface area (Å²) in [7, 11) is 1.27. The van der Waals surface area contributed by atoms with Gasteiger partial charge in [0, 0.05) is 0 Å². The van der Waals surface area contributed by atoms with Gasteiger partial charge < -0.3 is 4.74 Å². The Labute approximate surface area is 110 Å². The van der Waals surface area contributed by atoms with Gasteiger partial charge in [0.05, 0.1) is 31.4 Å². The number of benzene rings is 1. The first-order valence-electron chi connectivity index (χ1n) is 6.12. The van der Waals surface area contributed by atoms with Gasteiger partial charge in [0.25, 0.3) is 0 Å². The van der Waals surface area contributed by atoms with Crippen LogP contribution in [-0.2, 0) is 25.7 Å². The highest BCUT2D eigenvalue weighted by molar-refractivity contribution is 6.13. The van der Waals surface area contributed by atoms with Crippen molar-refractivity contribution < 1.29 is 19.1 Å². The molecule has 1 heterocycles. The zero-order valence-electron chi connectivity index (χ0n) is 10.4. The summed E-state index contributed by atoms with van der Waals surface area (Å²) in [6.07, 6.45) is 0. The largest absolute Gasteiger partial charge is 0.469 e. The van der Waals surface area contributed by atoms with Crippen LogP contribution >= 0.6 is 0 Å². The van der Waals surface area contributed by atoms with Crippen molar-refractivity contribution in [3.8, 4) is 0 Å². The summed E-state index contributed by atoms with van der Waals surface area (Å²) in [4.78, 5) is 36.8. The minimum atomic E-state index is -0.558. The molecule has 0 spiro atoms. The van der Waals surface area contributed by atoms with E-state index in [1.165, 1.54) is 12.0 Å². The van der Waals surface area contributed by atoms with E-state index in [9.17, 15) is 14.4 Å². The van der Waals surface area contributed by atoms with E-state index in [4.69, 9.17) is 0 Å². The molecule has 2 unspecified atom stereocenters.